The number of nitro benzene ring substituents is 1. The quantitative estimate of drug-likeness (QED) is 0.509. The normalized spacial score (nSPS) is 11.7. The molecule has 1 unspecified atom stereocenters. The van der Waals surface area contributed by atoms with Crippen molar-refractivity contribution in [3.63, 3.8) is 0 Å². The van der Waals surface area contributed by atoms with E-state index in [0.29, 0.717) is 12.5 Å². The molecule has 0 saturated carbocycles. The Morgan fingerprint density at radius 2 is 2.00 bits per heavy atom. The lowest BCUT2D eigenvalue weighted by molar-refractivity contribution is -0.385. The molecule has 0 aliphatic rings. The molecule has 0 radical (unpaired) electrons. The minimum atomic E-state index is -3.26. The highest BCUT2D eigenvalue weighted by atomic mass is 19.3. The average Bonchev–Trinajstić information content (AvgIpc) is 2.53. The van der Waals surface area contributed by atoms with E-state index in [4.69, 9.17) is 9.84 Å². The van der Waals surface area contributed by atoms with Crippen LogP contribution in [0.3, 0.4) is 0 Å². The molecule has 1 aromatic rings. The van der Waals surface area contributed by atoms with Crippen LogP contribution in [-0.4, -0.2) is 41.7 Å². The van der Waals surface area contributed by atoms with Gasteiger partial charge in [-0.15, -0.1) is 0 Å². The van der Waals surface area contributed by atoms with E-state index in [2.05, 4.69) is 10.1 Å². The molecular formula is C14H16F2N2O7. The molecule has 11 heteroatoms. The number of alkyl halides is 2. The maximum atomic E-state index is 12.4. The SMILES string of the molecule is CCCC(NC(=O)c1cc(OC)c(OC(F)F)cc1[N+](=O)[O-])C(=O)O. The van der Waals surface area contributed by atoms with Crippen LogP contribution < -0.4 is 14.8 Å². The van der Waals surface area contributed by atoms with E-state index >= 15 is 0 Å². The third kappa shape index (κ3) is 5.26. The number of nitro groups is 1. The number of hydrogen-bond acceptors (Lipinski definition) is 6. The number of nitrogens with one attached hydrogen (secondary N) is 1. The number of halogens is 2. The summed E-state index contributed by atoms with van der Waals surface area (Å²) < 4.78 is 33.7. The number of methoxy groups -OCH3 is 1. The molecule has 1 amide bonds. The monoisotopic (exact) mass is 362 g/mol. The number of benzene rings is 1. The first kappa shape index (κ1) is 20.1. The smallest absolute Gasteiger partial charge is 0.387 e. The Balaban J connectivity index is 3.30. The van der Waals surface area contributed by atoms with Gasteiger partial charge < -0.3 is 19.9 Å². The summed E-state index contributed by atoms with van der Waals surface area (Å²) >= 11 is 0. The van der Waals surface area contributed by atoms with Crippen molar-refractivity contribution in [2.24, 2.45) is 0 Å². The average molecular weight is 362 g/mol. The molecule has 2 N–H and O–H groups in total. The Hall–Kier alpha value is -2.98. The van der Waals surface area contributed by atoms with E-state index in [1.807, 2.05) is 0 Å². The molecule has 0 aliphatic heterocycles. The molecule has 0 bridgehead atoms. The van der Waals surface area contributed by atoms with Gasteiger partial charge in [0.1, 0.15) is 11.6 Å². The standard InChI is InChI=1S/C14H16F2N2O7/c1-3-4-8(13(20)21)17-12(19)7-5-10(24-2)11(25-14(15)16)6-9(7)18(22)23/h5-6,8,14H,3-4H2,1-2H3,(H,17,19)(H,20,21). The number of hydrogen-bond donors (Lipinski definition) is 2. The van der Waals surface area contributed by atoms with E-state index in [9.17, 15) is 28.5 Å². The second-order valence-electron chi connectivity index (χ2n) is 4.81. The van der Waals surface area contributed by atoms with Crippen molar-refractivity contribution in [1.29, 1.82) is 0 Å². The Morgan fingerprint density at radius 1 is 1.36 bits per heavy atom. The first-order valence-electron chi connectivity index (χ1n) is 7.06. The summed E-state index contributed by atoms with van der Waals surface area (Å²) in [6.45, 7) is -1.56. The second-order valence-corrected chi connectivity index (χ2v) is 4.81. The Bertz CT molecular complexity index is 667. The van der Waals surface area contributed by atoms with Crippen molar-refractivity contribution in [3.05, 3.63) is 27.8 Å². The first-order chi connectivity index (χ1) is 11.7. The topological polar surface area (TPSA) is 128 Å². The Morgan fingerprint density at radius 3 is 2.44 bits per heavy atom. The van der Waals surface area contributed by atoms with E-state index in [0.717, 1.165) is 13.2 Å². The number of carboxylic acid groups (broad SMARTS) is 1. The Labute approximate surface area is 140 Å². The Kier molecular flexibility index (Phi) is 7.03. The summed E-state index contributed by atoms with van der Waals surface area (Å²) in [6.07, 6.45) is 0.558. The minimum absolute atomic E-state index is 0.110. The molecule has 0 spiro atoms. The molecule has 0 heterocycles. The third-order valence-corrected chi connectivity index (χ3v) is 3.12. The van der Waals surface area contributed by atoms with Crippen LogP contribution in [0.2, 0.25) is 0 Å². The van der Waals surface area contributed by atoms with Crippen LogP contribution in [0.15, 0.2) is 12.1 Å². The number of nitrogens with zero attached hydrogens (tertiary/aromatic N) is 1. The predicted molar refractivity (Wildman–Crippen MR) is 80.1 cm³/mol. The molecule has 25 heavy (non-hydrogen) atoms. The van der Waals surface area contributed by atoms with Crippen LogP contribution in [0.5, 0.6) is 11.5 Å². The van der Waals surface area contributed by atoms with Crippen LogP contribution in [-0.2, 0) is 4.79 Å². The predicted octanol–water partition coefficient (Wildman–Crippen LogP) is 2.19. The molecule has 1 aromatic carbocycles. The molecule has 138 valence electrons. The summed E-state index contributed by atoms with van der Waals surface area (Å²) in [5, 5.41) is 22.3. The van der Waals surface area contributed by atoms with Crippen LogP contribution >= 0.6 is 0 Å². The van der Waals surface area contributed by atoms with Crippen molar-refractivity contribution in [3.8, 4) is 11.5 Å². The van der Waals surface area contributed by atoms with E-state index < -0.39 is 46.5 Å². The van der Waals surface area contributed by atoms with Gasteiger partial charge in [-0.25, -0.2) is 4.79 Å². The number of carbonyl (C=O) groups is 2. The number of carbonyl (C=O) groups excluding carboxylic acids is 1. The molecule has 1 atom stereocenters. The van der Waals surface area contributed by atoms with Crippen molar-refractivity contribution in [2.75, 3.05) is 7.11 Å². The highest BCUT2D eigenvalue weighted by Gasteiger charge is 2.28. The van der Waals surface area contributed by atoms with Crippen molar-refractivity contribution < 1.29 is 37.9 Å². The van der Waals surface area contributed by atoms with Gasteiger partial charge >= 0.3 is 12.6 Å². The molecule has 1 rings (SSSR count). The van der Waals surface area contributed by atoms with Crippen LogP contribution in [0.25, 0.3) is 0 Å². The lowest BCUT2D eigenvalue weighted by Crippen LogP contribution is -2.40. The molecule has 0 aromatic heterocycles. The number of ether oxygens (including phenoxy) is 2. The van der Waals surface area contributed by atoms with Gasteiger partial charge in [0.05, 0.1) is 18.1 Å². The van der Waals surface area contributed by atoms with Crippen LogP contribution in [0.1, 0.15) is 30.1 Å². The number of aliphatic carboxylic acids is 1. The second kappa shape index (κ2) is 8.76. The highest BCUT2D eigenvalue weighted by Crippen LogP contribution is 2.35. The van der Waals surface area contributed by atoms with Crippen LogP contribution in [0.4, 0.5) is 14.5 Å². The summed E-state index contributed by atoms with van der Waals surface area (Å²) in [5.74, 6) is -3.31. The zero-order valence-corrected chi connectivity index (χ0v) is 13.3. The molecule has 0 saturated heterocycles. The van der Waals surface area contributed by atoms with Gasteiger partial charge in [-0.05, 0) is 6.42 Å². The summed E-state index contributed by atoms with van der Waals surface area (Å²) in [4.78, 5) is 33.5. The fraction of sp³-hybridized carbons (Fsp3) is 0.429. The van der Waals surface area contributed by atoms with Crippen LogP contribution in [0, 0.1) is 10.1 Å². The van der Waals surface area contributed by atoms with E-state index in [-0.39, 0.29) is 12.2 Å². The maximum absolute atomic E-state index is 12.4. The zero-order valence-electron chi connectivity index (χ0n) is 13.3. The van der Waals surface area contributed by atoms with Gasteiger partial charge in [0.15, 0.2) is 11.5 Å². The first-order valence-corrected chi connectivity index (χ1v) is 7.06. The van der Waals surface area contributed by atoms with E-state index in [1.165, 1.54) is 0 Å². The van der Waals surface area contributed by atoms with Gasteiger partial charge in [-0.2, -0.15) is 8.78 Å². The molecule has 9 nitrogen and oxygen atoms in total. The molecule has 0 fully saturated rings. The lowest BCUT2D eigenvalue weighted by atomic mass is 10.1. The fourth-order valence-electron chi connectivity index (χ4n) is 2.01. The van der Waals surface area contributed by atoms with Gasteiger partial charge in [-0.1, -0.05) is 13.3 Å². The van der Waals surface area contributed by atoms with E-state index in [1.54, 1.807) is 6.92 Å². The summed E-state index contributed by atoms with van der Waals surface area (Å²) in [5.41, 5.74) is -1.36. The summed E-state index contributed by atoms with van der Waals surface area (Å²) in [6, 6.07) is 0.214. The molecule has 0 aliphatic carbocycles. The van der Waals surface area contributed by atoms with Gasteiger partial charge in [0.2, 0.25) is 0 Å². The number of carboxylic acids is 1. The van der Waals surface area contributed by atoms with Crippen molar-refractivity contribution in [1.82, 2.24) is 5.32 Å². The maximum Gasteiger partial charge on any atom is 0.387 e. The molecular weight excluding hydrogens is 346 g/mol. The number of amides is 1. The minimum Gasteiger partial charge on any atom is -0.493 e. The number of rotatable bonds is 9. The zero-order chi connectivity index (χ0) is 19.1. The van der Waals surface area contributed by atoms with Crippen molar-refractivity contribution in [2.45, 2.75) is 32.4 Å². The summed E-state index contributed by atoms with van der Waals surface area (Å²) in [7, 11) is 1.10. The van der Waals surface area contributed by atoms with Gasteiger partial charge in [0, 0.05) is 6.07 Å². The van der Waals surface area contributed by atoms with Gasteiger partial charge in [0.25, 0.3) is 11.6 Å². The largest absolute Gasteiger partial charge is 0.493 e. The lowest BCUT2D eigenvalue weighted by Gasteiger charge is -2.15. The third-order valence-electron chi connectivity index (χ3n) is 3.12. The highest BCUT2D eigenvalue weighted by molar-refractivity contribution is 6.00. The fourth-order valence-corrected chi connectivity index (χ4v) is 2.01. The van der Waals surface area contributed by atoms with Gasteiger partial charge in [-0.3, -0.25) is 14.9 Å². The van der Waals surface area contributed by atoms with Crippen molar-refractivity contribution >= 4 is 17.6 Å².